The maximum atomic E-state index is 12.4. The van der Waals surface area contributed by atoms with Crippen molar-refractivity contribution >= 4 is 0 Å². The highest BCUT2D eigenvalue weighted by Crippen LogP contribution is 2.27. The van der Waals surface area contributed by atoms with Crippen molar-refractivity contribution in [2.75, 3.05) is 26.7 Å². The molecule has 4 heteroatoms. The van der Waals surface area contributed by atoms with E-state index in [4.69, 9.17) is 0 Å². The molecule has 110 valence electrons. The number of halogens is 2. The van der Waals surface area contributed by atoms with E-state index >= 15 is 0 Å². The topological polar surface area (TPSA) is 15.3 Å². The molecule has 0 aromatic heterocycles. The maximum absolute atomic E-state index is 12.4. The van der Waals surface area contributed by atoms with Crippen LogP contribution in [0.5, 0.6) is 0 Å². The van der Waals surface area contributed by atoms with Crippen molar-refractivity contribution in [1.29, 1.82) is 0 Å². The Kier molecular flexibility index (Phi) is 7.30. The summed E-state index contributed by atoms with van der Waals surface area (Å²) in [6.07, 6.45) is -0.252. The number of nitrogens with zero attached hydrogens (tertiary/aromatic N) is 1. The minimum atomic E-state index is -2.25. The Labute approximate surface area is 111 Å². The highest BCUT2D eigenvalue weighted by atomic mass is 19.3. The molecule has 18 heavy (non-hydrogen) atoms. The predicted octanol–water partition coefficient (Wildman–Crippen LogP) is 3.38. The van der Waals surface area contributed by atoms with Gasteiger partial charge in [-0.15, -0.1) is 0 Å². The van der Waals surface area contributed by atoms with Crippen molar-refractivity contribution in [3.63, 3.8) is 0 Å². The van der Waals surface area contributed by atoms with E-state index in [-0.39, 0.29) is 17.5 Å². The summed E-state index contributed by atoms with van der Waals surface area (Å²) in [6.45, 7) is 12.1. The van der Waals surface area contributed by atoms with Gasteiger partial charge in [0, 0.05) is 18.6 Å². The molecule has 0 saturated heterocycles. The number of hydrogen-bond acceptors (Lipinski definition) is 2. The molecule has 0 aromatic rings. The zero-order valence-electron chi connectivity index (χ0n) is 12.8. The van der Waals surface area contributed by atoms with Crippen molar-refractivity contribution in [3.05, 3.63) is 0 Å². The first kappa shape index (κ1) is 17.8. The number of alkyl halides is 2. The summed E-state index contributed by atoms with van der Waals surface area (Å²) in [6, 6.07) is 0. The van der Waals surface area contributed by atoms with Crippen LogP contribution in [0.3, 0.4) is 0 Å². The first-order valence-corrected chi connectivity index (χ1v) is 6.86. The van der Waals surface area contributed by atoms with E-state index in [1.807, 2.05) is 0 Å². The first-order valence-electron chi connectivity index (χ1n) is 6.86. The predicted molar refractivity (Wildman–Crippen MR) is 74.3 cm³/mol. The lowest BCUT2D eigenvalue weighted by Crippen LogP contribution is -2.48. The zero-order chi connectivity index (χ0) is 14.4. The molecule has 0 rings (SSSR count). The Bertz CT molecular complexity index is 220. The third kappa shape index (κ3) is 7.27. The molecule has 2 nitrogen and oxygen atoms in total. The lowest BCUT2D eigenvalue weighted by Gasteiger charge is -2.38. The molecule has 0 saturated carbocycles. The number of rotatable bonds is 8. The Balaban J connectivity index is 4.51. The summed E-state index contributed by atoms with van der Waals surface area (Å²) < 4.78 is 24.8. The van der Waals surface area contributed by atoms with Crippen LogP contribution in [0, 0.1) is 5.41 Å². The van der Waals surface area contributed by atoms with Gasteiger partial charge in [0.05, 0.1) is 6.54 Å². The van der Waals surface area contributed by atoms with E-state index in [0.717, 1.165) is 19.4 Å². The van der Waals surface area contributed by atoms with Crippen LogP contribution in [0.4, 0.5) is 8.78 Å². The minimum Gasteiger partial charge on any atom is -0.311 e. The van der Waals surface area contributed by atoms with Crippen LogP contribution in [-0.2, 0) is 0 Å². The van der Waals surface area contributed by atoms with E-state index in [1.54, 1.807) is 11.9 Å². The van der Waals surface area contributed by atoms with Gasteiger partial charge in [-0.2, -0.15) is 0 Å². The zero-order valence-corrected chi connectivity index (χ0v) is 12.8. The van der Waals surface area contributed by atoms with Crippen LogP contribution in [0.25, 0.3) is 0 Å². The molecule has 0 atom stereocenters. The van der Waals surface area contributed by atoms with E-state index in [1.165, 1.54) is 0 Å². The maximum Gasteiger partial charge on any atom is 0.251 e. The van der Waals surface area contributed by atoms with E-state index < -0.39 is 6.43 Å². The van der Waals surface area contributed by atoms with Crippen molar-refractivity contribution in [1.82, 2.24) is 10.2 Å². The van der Waals surface area contributed by atoms with Gasteiger partial charge >= 0.3 is 0 Å². The fourth-order valence-corrected chi connectivity index (χ4v) is 2.10. The molecule has 0 aliphatic carbocycles. The minimum absolute atomic E-state index is 0.0663. The molecule has 0 radical (unpaired) electrons. The Morgan fingerprint density at radius 3 is 1.94 bits per heavy atom. The summed E-state index contributed by atoms with van der Waals surface area (Å²) in [5.41, 5.74) is 0.147. The molecule has 0 unspecified atom stereocenters. The van der Waals surface area contributed by atoms with Gasteiger partial charge < -0.3 is 10.2 Å². The van der Waals surface area contributed by atoms with Crippen molar-refractivity contribution in [2.45, 2.75) is 59.4 Å². The quantitative estimate of drug-likeness (QED) is 0.723. The van der Waals surface area contributed by atoms with Crippen molar-refractivity contribution < 1.29 is 8.78 Å². The van der Waals surface area contributed by atoms with E-state index in [0.29, 0.717) is 6.54 Å². The standard InChI is InChI=1S/C14H30F2N2/c1-7-14(8-2,10-17-13(3,4)5)11-18(6)9-12(15)16/h12,17H,7-11H2,1-6H3. The summed E-state index contributed by atoms with van der Waals surface area (Å²) in [7, 11) is 1.78. The van der Waals surface area contributed by atoms with Gasteiger partial charge in [-0.3, -0.25) is 0 Å². The molecule has 0 heterocycles. The van der Waals surface area contributed by atoms with Crippen LogP contribution in [0.2, 0.25) is 0 Å². The summed E-state index contributed by atoms with van der Waals surface area (Å²) in [5.74, 6) is 0. The van der Waals surface area contributed by atoms with E-state index in [2.05, 4.69) is 39.9 Å². The molecule has 0 aromatic carbocycles. The highest BCUT2D eigenvalue weighted by Gasteiger charge is 2.29. The molecule has 0 aliphatic heterocycles. The smallest absolute Gasteiger partial charge is 0.251 e. The molecule has 1 N–H and O–H groups in total. The van der Waals surface area contributed by atoms with Gasteiger partial charge in [0.25, 0.3) is 6.43 Å². The summed E-state index contributed by atoms with van der Waals surface area (Å²) >= 11 is 0. The number of nitrogens with one attached hydrogen (secondary N) is 1. The fraction of sp³-hybridized carbons (Fsp3) is 1.00. The van der Waals surface area contributed by atoms with Gasteiger partial charge in [0.1, 0.15) is 0 Å². The van der Waals surface area contributed by atoms with E-state index in [9.17, 15) is 8.78 Å². The molecule has 0 amide bonds. The highest BCUT2D eigenvalue weighted by molar-refractivity contribution is 4.85. The van der Waals surface area contributed by atoms with Gasteiger partial charge in [0.15, 0.2) is 0 Å². The third-order valence-corrected chi connectivity index (χ3v) is 3.55. The normalized spacial score (nSPS) is 13.7. The summed E-state index contributed by atoms with van der Waals surface area (Å²) in [4.78, 5) is 1.75. The van der Waals surface area contributed by atoms with Crippen LogP contribution < -0.4 is 5.32 Å². The second kappa shape index (κ2) is 7.39. The van der Waals surface area contributed by atoms with Crippen LogP contribution in [0.15, 0.2) is 0 Å². The van der Waals surface area contributed by atoms with Gasteiger partial charge in [-0.1, -0.05) is 13.8 Å². The van der Waals surface area contributed by atoms with Gasteiger partial charge in [-0.05, 0) is 46.1 Å². The molecule has 0 spiro atoms. The Hall–Kier alpha value is -0.220. The second-order valence-electron chi connectivity index (χ2n) is 6.40. The molecular weight excluding hydrogens is 234 g/mol. The lowest BCUT2D eigenvalue weighted by atomic mass is 9.81. The molecule has 0 fully saturated rings. The van der Waals surface area contributed by atoms with Crippen molar-refractivity contribution in [3.8, 4) is 0 Å². The third-order valence-electron chi connectivity index (χ3n) is 3.55. The summed E-state index contributed by atoms with van der Waals surface area (Å²) in [5, 5.41) is 3.51. The Morgan fingerprint density at radius 2 is 1.61 bits per heavy atom. The largest absolute Gasteiger partial charge is 0.311 e. The van der Waals surface area contributed by atoms with Crippen LogP contribution in [-0.4, -0.2) is 43.5 Å². The SMILES string of the molecule is CCC(CC)(CNC(C)(C)C)CN(C)CC(F)F. The molecule has 0 aliphatic rings. The fourth-order valence-electron chi connectivity index (χ4n) is 2.10. The Morgan fingerprint density at radius 1 is 1.11 bits per heavy atom. The van der Waals surface area contributed by atoms with Crippen LogP contribution >= 0.6 is 0 Å². The van der Waals surface area contributed by atoms with Gasteiger partial charge in [-0.25, -0.2) is 8.78 Å². The van der Waals surface area contributed by atoms with Crippen molar-refractivity contribution in [2.24, 2.45) is 5.41 Å². The van der Waals surface area contributed by atoms with Gasteiger partial charge in [0.2, 0.25) is 0 Å². The average molecular weight is 264 g/mol. The average Bonchev–Trinajstić information content (AvgIpc) is 2.22. The lowest BCUT2D eigenvalue weighted by molar-refractivity contribution is 0.0689. The molecular formula is C14H30F2N2. The second-order valence-corrected chi connectivity index (χ2v) is 6.40. The number of hydrogen-bond donors (Lipinski definition) is 1. The van der Waals surface area contributed by atoms with Crippen LogP contribution in [0.1, 0.15) is 47.5 Å². The first-order chi connectivity index (χ1) is 8.14. The molecule has 0 bridgehead atoms. The monoisotopic (exact) mass is 264 g/mol.